The topological polar surface area (TPSA) is 21.7 Å². The van der Waals surface area contributed by atoms with E-state index in [9.17, 15) is 0 Å². The molecule has 0 aromatic heterocycles. The van der Waals surface area contributed by atoms with Crippen LogP contribution < -0.4 is 14.4 Å². The summed E-state index contributed by atoms with van der Waals surface area (Å²) in [5.41, 5.74) is 3.38. The Hall–Kier alpha value is -2.42. The molecule has 3 nitrogen and oxygen atoms in total. The molecule has 110 valence electrons. The highest BCUT2D eigenvalue weighted by molar-refractivity contribution is 5.72. The maximum Gasteiger partial charge on any atom is 0.123 e. The first-order valence-electron chi connectivity index (χ1n) is 6.81. The largest absolute Gasteiger partial charge is 0.497 e. The van der Waals surface area contributed by atoms with Crippen molar-refractivity contribution in [1.29, 1.82) is 0 Å². The van der Waals surface area contributed by atoms with Crippen molar-refractivity contribution in [2.75, 3.05) is 33.2 Å². The number of benzene rings is 2. The standard InChI is InChI=1S/C18H21NO2/c1-19(2)16-7-5-6-14(10-16)8-9-15-11-17(20-3)13-18(12-15)21-4/h5-13H,1-4H3/b9-8+. The van der Waals surface area contributed by atoms with Crippen LogP contribution in [-0.4, -0.2) is 28.3 Å². The summed E-state index contributed by atoms with van der Waals surface area (Å²) >= 11 is 0. The molecule has 0 heterocycles. The van der Waals surface area contributed by atoms with Crippen LogP contribution >= 0.6 is 0 Å². The fourth-order valence-electron chi connectivity index (χ4n) is 2.02. The number of nitrogens with zero attached hydrogens (tertiary/aromatic N) is 1. The van der Waals surface area contributed by atoms with Gasteiger partial charge in [-0.2, -0.15) is 0 Å². The average Bonchev–Trinajstić information content (AvgIpc) is 2.52. The van der Waals surface area contributed by atoms with Gasteiger partial charge in [0, 0.05) is 25.8 Å². The summed E-state index contributed by atoms with van der Waals surface area (Å²) < 4.78 is 10.6. The van der Waals surface area contributed by atoms with Crippen LogP contribution in [0, 0.1) is 0 Å². The maximum absolute atomic E-state index is 5.28. The Kier molecular flexibility index (Phi) is 4.88. The Morgan fingerprint density at radius 2 is 1.43 bits per heavy atom. The molecule has 0 N–H and O–H groups in total. The maximum atomic E-state index is 5.28. The first-order valence-corrected chi connectivity index (χ1v) is 6.81. The predicted octanol–water partition coefficient (Wildman–Crippen LogP) is 3.94. The third-order valence-electron chi connectivity index (χ3n) is 3.23. The van der Waals surface area contributed by atoms with Crippen LogP contribution in [0.3, 0.4) is 0 Å². The number of rotatable bonds is 5. The summed E-state index contributed by atoms with van der Waals surface area (Å²) in [5, 5.41) is 0. The molecule has 0 atom stereocenters. The van der Waals surface area contributed by atoms with E-state index in [1.54, 1.807) is 14.2 Å². The van der Waals surface area contributed by atoms with E-state index < -0.39 is 0 Å². The fraction of sp³-hybridized carbons (Fsp3) is 0.222. The SMILES string of the molecule is COc1cc(/C=C/c2cccc(N(C)C)c2)cc(OC)c1. The van der Waals surface area contributed by atoms with Crippen LogP contribution in [0.2, 0.25) is 0 Å². The predicted molar refractivity (Wildman–Crippen MR) is 89.2 cm³/mol. The van der Waals surface area contributed by atoms with Crippen LogP contribution in [0.25, 0.3) is 12.2 Å². The van der Waals surface area contributed by atoms with Gasteiger partial charge in [-0.05, 0) is 35.4 Å². The lowest BCUT2D eigenvalue weighted by Crippen LogP contribution is -2.08. The van der Waals surface area contributed by atoms with Gasteiger partial charge in [-0.15, -0.1) is 0 Å². The number of hydrogen-bond donors (Lipinski definition) is 0. The van der Waals surface area contributed by atoms with Crippen LogP contribution in [0.5, 0.6) is 11.5 Å². The molecule has 2 rings (SSSR count). The lowest BCUT2D eigenvalue weighted by Gasteiger charge is -2.12. The van der Waals surface area contributed by atoms with Gasteiger partial charge in [0.15, 0.2) is 0 Å². The van der Waals surface area contributed by atoms with Crippen molar-refractivity contribution >= 4 is 17.8 Å². The molecule has 0 amide bonds. The molecule has 0 unspecified atom stereocenters. The minimum atomic E-state index is 0.788. The smallest absolute Gasteiger partial charge is 0.123 e. The molecular formula is C18H21NO2. The molecular weight excluding hydrogens is 262 g/mol. The Morgan fingerprint density at radius 1 is 0.810 bits per heavy atom. The molecule has 0 aliphatic heterocycles. The highest BCUT2D eigenvalue weighted by atomic mass is 16.5. The Labute approximate surface area is 126 Å². The van der Waals surface area contributed by atoms with Gasteiger partial charge in [0.25, 0.3) is 0 Å². The summed E-state index contributed by atoms with van der Waals surface area (Å²) in [6.07, 6.45) is 4.14. The van der Waals surface area contributed by atoms with Gasteiger partial charge < -0.3 is 14.4 Å². The normalized spacial score (nSPS) is 10.7. The number of methoxy groups -OCH3 is 2. The molecule has 21 heavy (non-hydrogen) atoms. The molecule has 0 fully saturated rings. The molecule has 0 spiro atoms. The van der Waals surface area contributed by atoms with E-state index in [0.717, 1.165) is 22.6 Å². The monoisotopic (exact) mass is 283 g/mol. The summed E-state index contributed by atoms with van der Waals surface area (Å²) in [6.45, 7) is 0. The van der Waals surface area contributed by atoms with Crippen LogP contribution in [-0.2, 0) is 0 Å². The minimum absolute atomic E-state index is 0.788. The first-order chi connectivity index (χ1) is 10.1. The highest BCUT2D eigenvalue weighted by Crippen LogP contribution is 2.24. The first kappa shape index (κ1) is 15.0. The zero-order valence-electron chi connectivity index (χ0n) is 13.0. The average molecular weight is 283 g/mol. The highest BCUT2D eigenvalue weighted by Gasteiger charge is 2.00. The van der Waals surface area contributed by atoms with Crippen LogP contribution in [0.4, 0.5) is 5.69 Å². The van der Waals surface area contributed by atoms with Gasteiger partial charge in [0.05, 0.1) is 14.2 Å². The van der Waals surface area contributed by atoms with Crippen molar-refractivity contribution < 1.29 is 9.47 Å². The van der Waals surface area contributed by atoms with Crippen molar-refractivity contribution in [1.82, 2.24) is 0 Å². The zero-order chi connectivity index (χ0) is 15.2. The second-order valence-corrected chi connectivity index (χ2v) is 4.97. The van der Waals surface area contributed by atoms with Gasteiger partial charge in [0.1, 0.15) is 11.5 Å². The molecule has 0 saturated heterocycles. The Balaban J connectivity index is 2.26. The van der Waals surface area contributed by atoms with Crippen molar-refractivity contribution in [3.8, 4) is 11.5 Å². The quantitative estimate of drug-likeness (QED) is 0.776. The van der Waals surface area contributed by atoms with E-state index in [4.69, 9.17) is 9.47 Å². The zero-order valence-corrected chi connectivity index (χ0v) is 13.0. The number of hydrogen-bond acceptors (Lipinski definition) is 3. The van der Waals surface area contributed by atoms with Gasteiger partial charge in [-0.3, -0.25) is 0 Å². The molecule has 0 saturated carbocycles. The van der Waals surface area contributed by atoms with Crippen LogP contribution in [0.1, 0.15) is 11.1 Å². The fourth-order valence-corrected chi connectivity index (χ4v) is 2.02. The third kappa shape index (κ3) is 4.02. The summed E-state index contributed by atoms with van der Waals surface area (Å²) in [6, 6.07) is 14.2. The Bertz CT molecular complexity index is 611. The van der Waals surface area contributed by atoms with E-state index in [0.29, 0.717) is 0 Å². The minimum Gasteiger partial charge on any atom is -0.497 e. The number of ether oxygens (including phenoxy) is 2. The lowest BCUT2D eigenvalue weighted by atomic mass is 10.1. The van der Waals surface area contributed by atoms with Crippen molar-refractivity contribution in [2.45, 2.75) is 0 Å². The van der Waals surface area contributed by atoms with Gasteiger partial charge >= 0.3 is 0 Å². The second kappa shape index (κ2) is 6.84. The molecule has 0 radical (unpaired) electrons. The summed E-state index contributed by atoms with van der Waals surface area (Å²) in [5.74, 6) is 1.58. The molecule has 0 bridgehead atoms. The Morgan fingerprint density at radius 3 is 2.00 bits per heavy atom. The van der Waals surface area contributed by atoms with Crippen LogP contribution in [0.15, 0.2) is 42.5 Å². The van der Waals surface area contributed by atoms with E-state index in [1.165, 1.54) is 5.69 Å². The summed E-state index contributed by atoms with van der Waals surface area (Å²) in [4.78, 5) is 2.09. The lowest BCUT2D eigenvalue weighted by molar-refractivity contribution is 0.394. The van der Waals surface area contributed by atoms with E-state index in [-0.39, 0.29) is 0 Å². The van der Waals surface area contributed by atoms with Crippen molar-refractivity contribution in [3.63, 3.8) is 0 Å². The van der Waals surface area contributed by atoms with Crippen molar-refractivity contribution in [3.05, 3.63) is 53.6 Å². The van der Waals surface area contributed by atoms with E-state index in [2.05, 4.69) is 41.3 Å². The van der Waals surface area contributed by atoms with Crippen molar-refractivity contribution in [2.24, 2.45) is 0 Å². The number of anilines is 1. The molecule has 0 aliphatic rings. The second-order valence-electron chi connectivity index (χ2n) is 4.97. The van der Waals surface area contributed by atoms with Gasteiger partial charge in [0.2, 0.25) is 0 Å². The molecule has 2 aromatic rings. The van der Waals surface area contributed by atoms with E-state index >= 15 is 0 Å². The van der Waals surface area contributed by atoms with Gasteiger partial charge in [-0.25, -0.2) is 0 Å². The summed E-state index contributed by atoms with van der Waals surface area (Å²) in [7, 11) is 7.39. The molecule has 2 aromatic carbocycles. The third-order valence-corrected chi connectivity index (χ3v) is 3.23. The molecule has 0 aliphatic carbocycles. The molecule has 3 heteroatoms. The van der Waals surface area contributed by atoms with Gasteiger partial charge in [-0.1, -0.05) is 24.3 Å². The van der Waals surface area contributed by atoms with E-state index in [1.807, 2.05) is 32.3 Å².